The quantitative estimate of drug-likeness (QED) is 0.856. The van der Waals surface area contributed by atoms with Crippen molar-refractivity contribution in [3.8, 4) is 0 Å². The number of hydrogen-bond donors (Lipinski definition) is 0. The van der Waals surface area contributed by atoms with Crippen molar-refractivity contribution in [3.63, 3.8) is 0 Å². The van der Waals surface area contributed by atoms with E-state index >= 15 is 0 Å². The Bertz CT molecular complexity index is 523. The molecule has 1 saturated heterocycles. The van der Waals surface area contributed by atoms with E-state index in [1.54, 1.807) is 10.4 Å². The smallest absolute Gasteiger partial charge is 0.206 e. The van der Waals surface area contributed by atoms with E-state index in [1.807, 2.05) is 6.07 Å². The average Bonchev–Trinajstić information content (AvgIpc) is 3.03. The molecule has 1 aliphatic carbocycles. The Kier molecular flexibility index (Phi) is 3.24. The fourth-order valence-electron chi connectivity index (χ4n) is 3.20. The Morgan fingerprint density at radius 1 is 1.28 bits per heavy atom. The van der Waals surface area contributed by atoms with Crippen LogP contribution < -0.4 is 0 Å². The van der Waals surface area contributed by atoms with Crippen molar-refractivity contribution in [2.24, 2.45) is 11.8 Å². The number of fused-ring (bicyclic) bond motifs is 1. The van der Waals surface area contributed by atoms with Gasteiger partial charge in [0.25, 0.3) is 10.0 Å². The molecule has 0 spiro atoms. The summed E-state index contributed by atoms with van der Waals surface area (Å²) in [5.41, 5.74) is 0. The van der Waals surface area contributed by atoms with E-state index in [1.165, 1.54) is 30.6 Å². The molecule has 1 aromatic heterocycles. The van der Waals surface area contributed by atoms with Gasteiger partial charge in [0.1, 0.15) is 4.21 Å². The van der Waals surface area contributed by atoms with E-state index < -0.39 is 10.0 Å². The lowest BCUT2D eigenvalue weighted by atomic mass is 10.0. The molecule has 2 unspecified atom stereocenters. The second-order valence-electron chi connectivity index (χ2n) is 5.35. The van der Waals surface area contributed by atoms with Gasteiger partial charge in [-0.25, -0.2) is 8.42 Å². The zero-order valence-electron chi connectivity index (χ0n) is 10.6. The number of thiophene rings is 1. The van der Waals surface area contributed by atoms with Crippen molar-refractivity contribution in [2.75, 3.05) is 13.1 Å². The zero-order valence-corrected chi connectivity index (χ0v) is 12.3. The van der Waals surface area contributed by atoms with Gasteiger partial charge < -0.3 is 0 Å². The Hall–Kier alpha value is -0.390. The Morgan fingerprint density at radius 3 is 2.50 bits per heavy atom. The van der Waals surface area contributed by atoms with Gasteiger partial charge in [0.15, 0.2) is 0 Å². The highest BCUT2D eigenvalue weighted by atomic mass is 32.2. The molecule has 3 nitrogen and oxygen atoms in total. The van der Waals surface area contributed by atoms with Gasteiger partial charge in [-0.15, -0.1) is 11.3 Å². The van der Waals surface area contributed by atoms with Gasteiger partial charge in [-0.05, 0) is 43.2 Å². The van der Waals surface area contributed by atoms with Crippen LogP contribution in [0.3, 0.4) is 0 Å². The van der Waals surface area contributed by atoms with E-state index in [0.717, 1.165) is 24.4 Å². The molecule has 3 rings (SSSR count). The molecule has 0 aromatic carbocycles. The molecule has 0 bridgehead atoms. The molecular weight excluding hydrogens is 266 g/mol. The van der Waals surface area contributed by atoms with Gasteiger partial charge in [0.2, 0.25) is 0 Å². The van der Waals surface area contributed by atoms with Gasteiger partial charge in [0.05, 0.1) is 0 Å². The summed E-state index contributed by atoms with van der Waals surface area (Å²) in [6, 6.07) is 3.71. The Labute approximate surface area is 113 Å². The molecule has 2 heterocycles. The van der Waals surface area contributed by atoms with E-state index in [4.69, 9.17) is 0 Å². The summed E-state index contributed by atoms with van der Waals surface area (Å²) >= 11 is 1.43. The summed E-state index contributed by atoms with van der Waals surface area (Å²) in [5, 5.41) is 0. The topological polar surface area (TPSA) is 37.4 Å². The zero-order chi connectivity index (χ0) is 12.8. The summed E-state index contributed by atoms with van der Waals surface area (Å²) < 4.78 is 27.3. The Morgan fingerprint density at radius 2 is 1.94 bits per heavy atom. The number of aryl methyl sites for hydroxylation is 1. The normalized spacial score (nSPS) is 28.7. The maximum Gasteiger partial charge on any atom is 0.252 e. The minimum absolute atomic E-state index is 0.527. The van der Waals surface area contributed by atoms with Crippen molar-refractivity contribution >= 4 is 21.4 Å². The van der Waals surface area contributed by atoms with Crippen molar-refractivity contribution < 1.29 is 8.42 Å². The molecule has 2 aliphatic rings. The SMILES string of the molecule is CCc1ccc(S(=O)(=O)N2CC3CCCC3C2)s1. The third-order valence-corrected chi connectivity index (χ3v) is 7.80. The molecular formula is C13H19NO2S2. The van der Waals surface area contributed by atoms with Crippen molar-refractivity contribution in [2.45, 2.75) is 36.8 Å². The molecule has 0 radical (unpaired) electrons. The van der Waals surface area contributed by atoms with Crippen LogP contribution in [0.2, 0.25) is 0 Å². The largest absolute Gasteiger partial charge is 0.252 e. The maximum atomic E-state index is 12.5. The minimum atomic E-state index is -3.22. The first-order chi connectivity index (χ1) is 8.61. The fraction of sp³-hybridized carbons (Fsp3) is 0.692. The molecule has 1 aliphatic heterocycles. The Balaban J connectivity index is 1.82. The highest BCUT2D eigenvalue weighted by Crippen LogP contribution is 2.40. The molecule has 0 amide bonds. The lowest BCUT2D eigenvalue weighted by Crippen LogP contribution is -2.29. The van der Waals surface area contributed by atoms with Crippen LogP contribution in [0.1, 0.15) is 31.1 Å². The molecule has 2 atom stereocenters. The van der Waals surface area contributed by atoms with Crippen molar-refractivity contribution in [1.82, 2.24) is 4.31 Å². The second-order valence-corrected chi connectivity index (χ2v) is 8.68. The van der Waals surface area contributed by atoms with Crippen molar-refractivity contribution in [3.05, 3.63) is 17.0 Å². The highest BCUT2D eigenvalue weighted by molar-refractivity contribution is 7.91. The van der Waals surface area contributed by atoms with Gasteiger partial charge in [-0.3, -0.25) is 0 Å². The fourth-order valence-corrected chi connectivity index (χ4v) is 6.21. The average molecular weight is 285 g/mol. The van der Waals surface area contributed by atoms with Crippen LogP contribution in [0.25, 0.3) is 0 Å². The number of nitrogens with zero attached hydrogens (tertiary/aromatic N) is 1. The third kappa shape index (κ3) is 2.02. The molecule has 1 aromatic rings. The van der Waals surface area contributed by atoms with E-state index in [0.29, 0.717) is 16.0 Å². The van der Waals surface area contributed by atoms with Crippen LogP contribution in [0.15, 0.2) is 16.3 Å². The lowest BCUT2D eigenvalue weighted by molar-refractivity contribution is 0.447. The standard InChI is InChI=1S/C13H19NO2S2/c1-2-12-6-7-13(17-12)18(15,16)14-8-10-4-3-5-11(10)9-14/h6-7,10-11H,2-5,8-9H2,1H3. The lowest BCUT2D eigenvalue weighted by Gasteiger charge is -2.15. The predicted octanol–water partition coefficient (Wildman–Crippen LogP) is 2.73. The predicted molar refractivity (Wildman–Crippen MR) is 73.3 cm³/mol. The van der Waals surface area contributed by atoms with Gasteiger partial charge in [0, 0.05) is 18.0 Å². The molecule has 18 heavy (non-hydrogen) atoms. The van der Waals surface area contributed by atoms with Crippen LogP contribution in [0.5, 0.6) is 0 Å². The number of rotatable bonds is 3. The minimum Gasteiger partial charge on any atom is -0.206 e. The van der Waals surface area contributed by atoms with Gasteiger partial charge >= 0.3 is 0 Å². The van der Waals surface area contributed by atoms with Crippen LogP contribution in [-0.2, 0) is 16.4 Å². The van der Waals surface area contributed by atoms with E-state index in [-0.39, 0.29) is 0 Å². The molecule has 1 saturated carbocycles. The molecule has 5 heteroatoms. The molecule has 100 valence electrons. The first-order valence-corrected chi connectivity index (χ1v) is 8.95. The third-order valence-electron chi connectivity index (χ3n) is 4.27. The van der Waals surface area contributed by atoms with E-state index in [9.17, 15) is 8.42 Å². The van der Waals surface area contributed by atoms with Crippen LogP contribution >= 0.6 is 11.3 Å². The molecule has 0 N–H and O–H groups in total. The van der Waals surface area contributed by atoms with E-state index in [2.05, 4.69) is 6.92 Å². The second kappa shape index (κ2) is 4.62. The number of sulfonamides is 1. The van der Waals surface area contributed by atoms with Gasteiger partial charge in [-0.1, -0.05) is 13.3 Å². The monoisotopic (exact) mass is 285 g/mol. The van der Waals surface area contributed by atoms with Crippen LogP contribution in [0.4, 0.5) is 0 Å². The summed E-state index contributed by atoms with van der Waals surface area (Å²) in [7, 11) is -3.22. The van der Waals surface area contributed by atoms with Crippen LogP contribution in [0, 0.1) is 11.8 Å². The van der Waals surface area contributed by atoms with Crippen LogP contribution in [-0.4, -0.2) is 25.8 Å². The summed E-state index contributed by atoms with van der Waals surface area (Å²) in [6.45, 7) is 3.54. The first-order valence-electron chi connectivity index (χ1n) is 6.70. The number of hydrogen-bond acceptors (Lipinski definition) is 3. The highest BCUT2D eigenvalue weighted by Gasteiger charge is 2.41. The summed E-state index contributed by atoms with van der Waals surface area (Å²) in [5.74, 6) is 1.23. The summed E-state index contributed by atoms with van der Waals surface area (Å²) in [6.07, 6.45) is 4.61. The summed E-state index contributed by atoms with van der Waals surface area (Å²) in [4.78, 5) is 1.15. The van der Waals surface area contributed by atoms with Gasteiger partial charge in [-0.2, -0.15) is 4.31 Å². The van der Waals surface area contributed by atoms with Crippen molar-refractivity contribution in [1.29, 1.82) is 0 Å². The first kappa shape index (κ1) is 12.6. The molecule has 2 fully saturated rings. The maximum absolute atomic E-state index is 12.5.